The average molecular weight is 665 g/mol. The number of amides is 2. The Hall–Kier alpha value is -5.02. The molecule has 14 nitrogen and oxygen atoms in total. The molecule has 0 bridgehead atoms. The molecule has 0 aromatic heterocycles. The number of carbonyl (C=O) groups excluding carboxylic acids is 4. The van der Waals surface area contributed by atoms with Crippen LogP contribution in [0.1, 0.15) is 23.0 Å². The summed E-state index contributed by atoms with van der Waals surface area (Å²) < 4.78 is 45.3. The fraction of sp³-hybridized carbons (Fsp3) is 0.353. The van der Waals surface area contributed by atoms with Gasteiger partial charge in [0.1, 0.15) is 38.5 Å². The number of methoxy groups -OCH3 is 1. The quantitative estimate of drug-likeness (QED) is 0.215. The van der Waals surface area contributed by atoms with Crippen molar-refractivity contribution < 1.29 is 57.1 Å². The van der Waals surface area contributed by atoms with E-state index >= 15 is 0 Å². The average Bonchev–Trinajstić information content (AvgIpc) is 3.13. The van der Waals surface area contributed by atoms with Crippen LogP contribution in [0, 0.1) is 0 Å². The summed E-state index contributed by atoms with van der Waals surface area (Å²) in [4.78, 5) is 50.5. The van der Waals surface area contributed by atoms with E-state index in [4.69, 9.17) is 37.9 Å². The molecular weight excluding hydrogens is 628 g/mol. The van der Waals surface area contributed by atoms with Crippen molar-refractivity contribution in [2.45, 2.75) is 50.2 Å². The molecule has 3 aromatic rings. The highest BCUT2D eigenvalue weighted by molar-refractivity contribution is 5.79. The number of hydrogen-bond acceptors (Lipinski definition) is 12. The molecular formula is C34H36N2O12. The predicted molar refractivity (Wildman–Crippen MR) is 165 cm³/mol. The molecule has 6 atom stereocenters. The number of hydrogen-bond donors (Lipinski definition) is 2. The second kappa shape index (κ2) is 17.2. The predicted octanol–water partition coefficient (Wildman–Crippen LogP) is 3.15. The van der Waals surface area contributed by atoms with Gasteiger partial charge in [0, 0.05) is 12.7 Å². The molecule has 0 spiro atoms. The van der Waals surface area contributed by atoms with Crippen molar-refractivity contribution in [3.63, 3.8) is 0 Å². The lowest BCUT2D eigenvalue weighted by molar-refractivity contribution is -0.359. The zero-order chi connectivity index (χ0) is 33.7. The maximum absolute atomic E-state index is 13.1. The fourth-order valence-electron chi connectivity index (χ4n) is 5.00. The molecule has 2 N–H and O–H groups in total. The summed E-state index contributed by atoms with van der Waals surface area (Å²) in [5.74, 6) is -1.77. The van der Waals surface area contributed by atoms with Crippen molar-refractivity contribution >= 4 is 24.1 Å². The molecule has 2 amide bonds. The SMILES string of the molecule is CO[C@@H]1O[C@@H]2CO[C@H](c3ccccc3)O[C@@H]2[C@@H](OC(=O)CNC(=O)OCc2ccccc2)[C@H]1OC(=O)CNC(=O)OCc1ccccc1. The van der Waals surface area contributed by atoms with E-state index < -0.39 is 74.2 Å². The summed E-state index contributed by atoms with van der Waals surface area (Å²) in [6, 6.07) is 27.1. The van der Waals surface area contributed by atoms with Crippen LogP contribution in [0.25, 0.3) is 0 Å². The molecule has 2 heterocycles. The Morgan fingerprint density at radius 2 is 1.19 bits per heavy atom. The summed E-state index contributed by atoms with van der Waals surface area (Å²) in [6.07, 6.45) is -8.10. The van der Waals surface area contributed by atoms with Gasteiger partial charge in [-0.1, -0.05) is 91.0 Å². The van der Waals surface area contributed by atoms with Crippen LogP contribution < -0.4 is 10.6 Å². The summed E-state index contributed by atoms with van der Waals surface area (Å²) in [5, 5.41) is 4.69. The number of carbonyl (C=O) groups is 4. The fourth-order valence-corrected chi connectivity index (χ4v) is 5.00. The number of esters is 2. The van der Waals surface area contributed by atoms with Crippen LogP contribution in [0.4, 0.5) is 9.59 Å². The van der Waals surface area contributed by atoms with Crippen LogP contribution in [-0.2, 0) is 60.7 Å². The number of rotatable bonds is 12. The molecule has 0 aliphatic carbocycles. The van der Waals surface area contributed by atoms with Crippen molar-refractivity contribution in [1.29, 1.82) is 0 Å². The van der Waals surface area contributed by atoms with Crippen molar-refractivity contribution in [3.05, 3.63) is 108 Å². The summed E-state index contributed by atoms with van der Waals surface area (Å²) in [7, 11) is 1.32. The monoisotopic (exact) mass is 664 g/mol. The zero-order valence-electron chi connectivity index (χ0n) is 26.1. The van der Waals surface area contributed by atoms with Gasteiger partial charge < -0.3 is 48.5 Å². The second-order valence-corrected chi connectivity index (χ2v) is 10.7. The van der Waals surface area contributed by atoms with E-state index in [1.165, 1.54) is 7.11 Å². The van der Waals surface area contributed by atoms with Gasteiger partial charge in [-0.2, -0.15) is 0 Å². The van der Waals surface area contributed by atoms with Gasteiger partial charge in [0.15, 0.2) is 24.8 Å². The van der Waals surface area contributed by atoms with Crippen molar-refractivity contribution in [1.82, 2.24) is 10.6 Å². The molecule has 2 aliphatic rings. The Morgan fingerprint density at radius 3 is 1.71 bits per heavy atom. The van der Waals surface area contributed by atoms with Crippen molar-refractivity contribution in [2.75, 3.05) is 26.8 Å². The highest BCUT2D eigenvalue weighted by Crippen LogP contribution is 2.36. The molecule has 2 aliphatic heterocycles. The van der Waals surface area contributed by atoms with Crippen LogP contribution in [0.15, 0.2) is 91.0 Å². The van der Waals surface area contributed by atoms with E-state index in [0.717, 1.165) is 11.1 Å². The molecule has 0 saturated carbocycles. The first-order chi connectivity index (χ1) is 23.4. The van der Waals surface area contributed by atoms with Gasteiger partial charge in [-0.15, -0.1) is 0 Å². The number of benzene rings is 3. The highest BCUT2D eigenvalue weighted by Gasteiger charge is 2.54. The van der Waals surface area contributed by atoms with E-state index in [1.54, 1.807) is 60.7 Å². The molecule has 0 unspecified atom stereocenters. The zero-order valence-corrected chi connectivity index (χ0v) is 26.1. The minimum absolute atomic E-state index is 0.000847. The topological polar surface area (TPSA) is 166 Å². The lowest BCUT2D eigenvalue weighted by Gasteiger charge is -2.47. The lowest BCUT2D eigenvalue weighted by Crippen LogP contribution is -2.64. The Morgan fingerprint density at radius 1 is 0.688 bits per heavy atom. The van der Waals surface area contributed by atoms with Crippen LogP contribution in [0.3, 0.4) is 0 Å². The van der Waals surface area contributed by atoms with E-state index in [1.807, 2.05) is 30.3 Å². The first-order valence-electron chi connectivity index (χ1n) is 15.2. The van der Waals surface area contributed by atoms with Crippen LogP contribution in [-0.4, -0.2) is 81.6 Å². The van der Waals surface area contributed by atoms with E-state index in [2.05, 4.69) is 10.6 Å². The van der Waals surface area contributed by atoms with Gasteiger partial charge in [-0.25, -0.2) is 9.59 Å². The Kier molecular flexibility index (Phi) is 12.3. The molecule has 3 aromatic carbocycles. The Balaban J connectivity index is 1.23. The third-order valence-electron chi connectivity index (χ3n) is 7.30. The van der Waals surface area contributed by atoms with Gasteiger partial charge in [-0.3, -0.25) is 9.59 Å². The van der Waals surface area contributed by atoms with Crippen LogP contribution >= 0.6 is 0 Å². The maximum atomic E-state index is 13.1. The maximum Gasteiger partial charge on any atom is 0.407 e. The van der Waals surface area contributed by atoms with Crippen LogP contribution in [0.5, 0.6) is 0 Å². The summed E-state index contributed by atoms with van der Waals surface area (Å²) in [5.41, 5.74) is 2.23. The van der Waals surface area contributed by atoms with Crippen molar-refractivity contribution in [3.8, 4) is 0 Å². The molecule has 48 heavy (non-hydrogen) atoms. The van der Waals surface area contributed by atoms with Gasteiger partial charge >= 0.3 is 24.1 Å². The Labute approximate surface area is 276 Å². The molecule has 2 fully saturated rings. The third kappa shape index (κ3) is 9.75. The number of alkyl carbamates (subject to hydrolysis) is 2. The minimum atomic E-state index is -1.34. The molecule has 5 rings (SSSR count). The smallest absolute Gasteiger partial charge is 0.407 e. The number of fused-ring (bicyclic) bond motifs is 1. The third-order valence-corrected chi connectivity index (χ3v) is 7.30. The lowest BCUT2D eigenvalue weighted by atomic mass is 9.97. The largest absolute Gasteiger partial charge is 0.454 e. The van der Waals surface area contributed by atoms with Crippen molar-refractivity contribution in [2.24, 2.45) is 0 Å². The minimum Gasteiger partial charge on any atom is -0.454 e. The highest BCUT2D eigenvalue weighted by atomic mass is 16.8. The first kappa shape index (κ1) is 34.3. The normalized spacial score (nSPS) is 23.1. The first-order valence-corrected chi connectivity index (χ1v) is 15.2. The van der Waals surface area contributed by atoms with E-state index in [0.29, 0.717) is 5.56 Å². The standard InChI is InChI=1S/C34H36N2O12/c1-41-32-30(47-27(38)18-36-34(40)44-20-23-13-7-3-8-14-23)29(28-25(45-32)21-42-31(48-28)24-15-9-4-10-16-24)46-26(37)17-35-33(39)43-19-22-11-5-2-6-12-22/h2-16,25,28-32H,17-21H2,1H3,(H,35,39)(H,36,40)/t25-,28+,29-,30-,31+,32-/m1/s1. The van der Waals surface area contributed by atoms with E-state index in [9.17, 15) is 19.2 Å². The molecule has 0 radical (unpaired) electrons. The molecule has 14 heteroatoms. The second-order valence-electron chi connectivity index (χ2n) is 10.7. The van der Waals surface area contributed by atoms with Gasteiger partial charge in [-0.05, 0) is 11.1 Å². The number of nitrogens with one attached hydrogen (secondary N) is 2. The molecule has 254 valence electrons. The van der Waals surface area contributed by atoms with Gasteiger partial charge in [0.05, 0.1) is 6.61 Å². The molecule has 2 saturated heterocycles. The van der Waals surface area contributed by atoms with E-state index in [-0.39, 0.29) is 19.8 Å². The summed E-state index contributed by atoms with van der Waals surface area (Å²) >= 11 is 0. The summed E-state index contributed by atoms with van der Waals surface area (Å²) in [6.45, 7) is -1.09. The van der Waals surface area contributed by atoms with Gasteiger partial charge in [0.25, 0.3) is 0 Å². The van der Waals surface area contributed by atoms with Crippen LogP contribution in [0.2, 0.25) is 0 Å². The Bertz CT molecular complexity index is 1490. The van der Waals surface area contributed by atoms with Gasteiger partial charge in [0.2, 0.25) is 0 Å². The number of ether oxygens (including phenoxy) is 8.